The van der Waals surface area contributed by atoms with E-state index in [-0.39, 0.29) is 18.0 Å². The molecule has 0 spiro atoms. The summed E-state index contributed by atoms with van der Waals surface area (Å²) in [5.41, 5.74) is 1.13. The molecule has 136 valence electrons. The van der Waals surface area contributed by atoms with Gasteiger partial charge < -0.3 is 10.2 Å². The first-order valence-corrected chi connectivity index (χ1v) is 9.63. The second-order valence-corrected chi connectivity index (χ2v) is 7.72. The van der Waals surface area contributed by atoms with Crippen LogP contribution in [0.3, 0.4) is 0 Å². The molecule has 0 aliphatic heterocycles. The summed E-state index contributed by atoms with van der Waals surface area (Å²) in [6.45, 7) is 8.75. The van der Waals surface area contributed by atoms with Crippen molar-refractivity contribution >= 4 is 34.2 Å². The van der Waals surface area contributed by atoms with Crippen LogP contribution in [0.2, 0.25) is 5.02 Å². The highest BCUT2D eigenvalue weighted by Crippen LogP contribution is 2.22. The SMILES string of the molecule is CC(C)NC(=O)CCN(c1nc(Cc2ccc(Cl)cc2)ns1)C(C)C. The van der Waals surface area contributed by atoms with Crippen molar-refractivity contribution in [2.24, 2.45) is 0 Å². The number of anilines is 1. The summed E-state index contributed by atoms with van der Waals surface area (Å²) >= 11 is 7.30. The number of carbonyl (C=O) groups excluding carboxylic acids is 1. The number of hydrogen-bond donors (Lipinski definition) is 1. The molecule has 1 aromatic heterocycles. The molecule has 1 aromatic carbocycles. The van der Waals surface area contributed by atoms with Crippen LogP contribution in [-0.2, 0) is 11.2 Å². The molecule has 0 saturated carbocycles. The van der Waals surface area contributed by atoms with Crippen LogP contribution in [0, 0.1) is 0 Å². The Hall–Kier alpha value is -1.66. The van der Waals surface area contributed by atoms with E-state index in [0.717, 1.165) is 21.5 Å². The predicted octanol–water partition coefficient (Wildman–Crippen LogP) is 3.91. The number of nitrogens with zero attached hydrogens (tertiary/aromatic N) is 3. The van der Waals surface area contributed by atoms with Gasteiger partial charge in [-0.3, -0.25) is 4.79 Å². The van der Waals surface area contributed by atoms with Gasteiger partial charge in [0.25, 0.3) is 0 Å². The number of benzene rings is 1. The van der Waals surface area contributed by atoms with Crippen LogP contribution < -0.4 is 10.2 Å². The summed E-state index contributed by atoms with van der Waals surface area (Å²) in [6, 6.07) is 8.13. The minimum absolute atomic E-state index is 0.0616. The van der Waals surface area contributed by atoms with Crippen molar-refractivity contribution < 1.29 is 4.79 Å². The minimum Gasteiger partial charge on any atom is -0.354 e. The Labute approximate surface area is 158 Å². The van der Waals surface area contributed by atoms with E-state index in [9.17, 15) is 4.79 Å². The van der Waals surface area contributed by atoms with Crippen LogP contribution >= 0.6 is 23.1 Å². The van der Waals surface area contributed by atoms with Gasteiger partial charge in [0.1, 0.15) is 5.82 Å². The zero-order valence-electron chi connectivity index (χ0n) is 15.1. The van der Waals surface area contributed by atoms with Crippen molar-refractivity contribution in [2.75, 3.05) is 11.4 Å². The van der Waals surface area contributed by atoms with E-state index in [2.05, 4.69) is 33.4 Å². The maximum absolute atomic E-state index is 11.9. The molecule has 25 heavy (non-hydrogen) atoms. The van der Waals surface area contributed by atoms with Crippen LogP contribution in [0.1, 0.15) is 45.5 Å². The Morgan fingerprint density at radius 1 is 1.24 bits per heavy atom. The molecule has 0 radical (unpaired) electrons. The first kappa shape index (κ1) is 19.7. The molecule has 7 heteroatoms. The Kier molecular flexibility index (Phi) is 7.20. The van der Waals surface area contributed by atoms with E-state index in [0.29, 0.717) is 19.4 Å². The van der Waals surface area contributed by atoms with Gasteiger partial charge in [0.15, 0.2) is 0 Å². The van der Waals surface area contributed by atoms with Gasteiger partial charge in [-0.05, 0) is 45.4 Å². The highest BCUT2D eigenvalue weighted by Gasteiger charge is 2.17. The lowest BCUT2D eigenvalue weighted by Gasteiger charge is -2.25. The maximum atomic E-state index is 11.9. The highest BCUT2D eigenvalue weighted by atomic mass is 35.5. The van der Waals surface area contributed by atoms with Crippen molar-refractivity contribution in [3.05, 3.63) is 40.7 Å². The third-order valence-electron chi connectivity index (χ3n) is 3.63. The van der Waals surface area contributed by atoms with Gasteiger partial charge in [-0.2, -0.15) is 4.37 Å². The molecule has 0 aliphatic rings. The van der Waals surface area contributed by atoms with Gasteiger partial charge >= 0.3 is 0 Å². The predicted molar refractivity (Wildman–Crippen MR) is 105 cm³/mol. The molecule has 0 saturated heterocycles. The fourth-order valence-electron chi connectivity index (χ4n) is 2.41. The number of hydrogen-bond acceptors (Lipinski definition) is 5. The second-order valence-electron chi connectivity index (χ2n) is 6.56. The van der Waals surface area contributed by atoms with Crippen molar-refractivity contribution in [3.8, 4) is 0 Å². The van der Waals surface area contributed by atoms with Gasteiger partial charge in [0, 0.05) is 48.0 Å². The molecule has 2 aromatic rings. The van der Waals surface area contributed by atoms with E-state index in [1.165, 1.54) is 11.5 Å². The number of rotatable bonds is 8. The zero-order chi connectivity index (χ0) is 18.4. The van der Waals surface area contributed by atoms with Crippen LogP contribution in [-0.4, -0.2) is 33.9 Å². The molecule has 2 rings (SSSR count). The number of nitrogens with one attached hydrogen (secondary N) is 1. The molecule has 1 N–H and O–H groups in total. The monoisotopic (exact) mass is 380 g/mol. The van der Waals surface area contributed by atoms with Crippen LogP contribution in [0.5, 0.6) is 0 Å². The number of halogens is 1. The van der Waals surface area contributed by atoms with Gasteiger partial charge in [-0.15, -0.1) is 0 Å². The van der Waals surface area contributed by atoms with Crippen molar-refractivity contribution in [2.45, 2.75) is 52.6 Å². The van der Waals surface area contributed by atoms with Gasteiger partial charge in [0.05, 0.1) is 0 Å². The normalized spacial score (nSPS) is 11.2. The van der Waals surface area contributed by atoms with Gasteiger partial charge in [-0.25, -0.2) is 4.98 Å². The van der Waals surface area contributed by atoms with E-state index in [4.69, 9.17) is 11.6 Å². The molecule has 0 bridgehead atoms. The van der Waals surface area contributed by atoms with Crippen LogP contribution in [0.15, 0.2) is 24.3 Å². The first-order valence-electron chi connectivity index (χ1n) is 8.48. The summed E-state index contributed by atoms with van der Waals surface area (Å²) < 4.78 is 4.47. The van der Waals surface area contributed by atoms with Gasteiger partial charge in [-0.1, -0.05) is 23.7 Å². The van der Waals surface area contributed by atoms with Crippen molar-refractivity contribution in [1.82, 2.24) is 14.7 Å². The largest absolute Gasteiger partial charge is 0.354 e. The second kappa shape index (κ2) is 9.15. The average molecular weight is 381 g/mol. The third-order valence-corrected chi connectivity index (χ3v) is 4.67. The number of aromatic nitrogens is 2. The Morgan fingerprint density at radius 2 is 1.92 bits per heavy atom. The van der Waals surface area contributed by atoms with Gasteiger partial charge in [0.2, 0.25) is 11.0 Å². The molecule has 5 nitrogen and oxygen atoms in total. The summed E-state index contributed by atoms with van der Waals surface area (Å²) in [7, 11) is 0. The molecule has 0 atom stereocenters. The third kappa shape index (κ3) is 6.29. The standard InChI is InChI=1S/C18H25ClN4OS/c1-12(2)20-17(24)9-10-23(13(3)4)18-21-16(22-25-18)11-14-5-7-15(19)8-6-14/h5-8,12-13H,9-11H2,1-4H3,(H,20,24). The lowest BCUT2D eigenvalue weighted by atomic mass is 10.1. The molecule has 0 aliphatic carbocycles. The molecule has 1 heterocycles. The van der Waals surface area contributed by atoms with E-state index < -0.39 is 0 Å². The maximum Gasteiger partial charge on any atom is 0.221 e. The Balaban J connectivity index is 2.00. The summed E-state index contributed by atoms with van der Waals surface area (Å²) in [5, 5.41) is 4.50. The van der Waals surface area contributed by atoms with E-state index in [1.54, 1.807) is 0 Å². The van der Waals surface area contributed by atoms with E-state index >= 15 is 0 Å². The molecule has 0 unspecified atom stereocenters. The van der Waals surface area contributed by atoms with Crippen molar-refractivity contribution in [1.29, 1.82) is 0 Å². The summed E-state index contributed by atoms with van der Waals surface area (Å²) in [6.07, 6.45) is 1.12. The highest BCUT2D eigenvalue weighted by molar-refractivity contribution is 7.09. The number of amides is 1. The fourth-order valence-corrected chi connectivity index (χ4v) is 3.38. The first-order chi connectivity index (χ1) is 11.8. The lowest BCUT2D eigenvalue weighted by Crippen LogP contribution is -2.37. The fraction of sp³-hybridized carbons (Fsp3) is 0.500. The Morgan fingerprint density at radius 3 is 2.52 bits per heavy atom. The van der Waals surface area contributed by atoms with Crippen LogP contribution in [0.25, 0.3) is 0 Å². The van der Waals surface area contributed by atoms with E-state index in [1.807, 2.05) is 38.1 Å². The molecular formula is C18H25ClN4OS. The Bertz CT molecular complexity index is 685. The topological polar surface area (TPSA) is 58.1 Å². The summed E-state index contributed by atoms with van der Waals surface area (Å²) in [5.74, 6) is 0.853. The smallest absolute Gasteiger partial charge is 0.221 e. The van der Waals surface area contributed by atoms with Crippen LogP contribution in [0.4, 0.5) is 5.13 Å². The quantitative estimate of drug-likeness (QED) is 0.754. The lowest BCUT2D eigenvalue weighted by molar-refractivity contribution is -0.121. The zero-order valence-corrected chi connectivity index (χ0v) is 16.7. The molecular weight excluding hydrogens is 356 g/mol. The molecule has 1 amide bonds. The number of carbonyl (C=O) groups is 1. The molecule has 0 fully saturated rings. The average Bonchev–Trinajstić information content (AvgIpc) is 2.97. The minimum atomic E-state index is 0.0616. The van der Waals surface area contributed by atoms with Crippen molar-refractivity contribution in [3.63, 3.8) is 0 Å². The summed E-state index contributed by atoms with van der Waals surface area (Å²) in [4.78, 5) is 18.7.